The molecule has 0 radical (unpaired) electrons. The first-order valence-corrected chi connectivity index (χ1v) is 12.2. The number of benzene rings is 2. The third kappa shape index (κ3) is 8.54. The van der Waals surface area contributed by atoms with Crippen molar-refractivity contribution in [1.29, 1.82) is 0 Å². The Morgan fingerprint density at radius 2 is 1.73 bits per heavy atom. The summed E-state index contributed by atoms with van der Waals surface area (Å²) in [6.45, 7) is 2.67. The molecule has 3 N–H and O–H groups in total. The van der Waals surface area contributed by atoms with Crippen LogP contribution in [-0.4, -0.2) is 42.4 Å². The van der Waals surface area contributed by atoms with Gasteiger partial charge in [0.1, 0.15) is 12.4 Å². The molecule has 3 rings (SSSR count). The second-order valence-corrected chi connectivity index (χ2v) is 8.74. The van der Waals surface area contributed by atoms with Crippen molar-refractivity contribution in [3.8, 4) is 5.75 Å². The summed E-state index contributed by atoms with van der Waals surface area (Å²) in [4.78, 5) is 27.1. The van der Waals surface area contributed by atoms with Gasteiger partial charge in [0.05, 0.1) is 6.42 Å². The van der Waals surface area contributed by atoms with Crippen LogP contribution in [0.15, 0.2) is 54.6 Å². The molecule has 1 unspecified atom stereocenters. The van der Waals surface area contributed by atoms with Gasteiger partial charge in [0, 0.05) is 25.6 Å². The minimum absolute atomic E-state index is 0.00298. The Bertz CT molecular complexity index is 855. The van der Waals surface area contributed by atoms with E-state index in [2.05, 4.69) is 5.32 Å². The van der Waals surface area contributed by atoms with Gasteiger partial charge in [0.15, 0.2) is 0 Å². The predicted molar refractivity (Wildman–Crippen MR) is 131 cm³/mol. The molecular weight excluding hydrogens is 414 g/mol. The lowest BCUT2D eigenvalue weighted by atomic mass is 10.1. The number of nitrogens with two attached hydrogens (primary N) is 1. The summed E-state index contributed by atoms with van der Waals surface area (Å²) in [5, 5.41) is 3.00. The van der Waals surface area contributed by atoms with Crippen molar-refractivity contribution in [2.45, 2.75) is 64.0 Å². The van der Waals surface area contributed by atoms with Crippen LogP contribution in [0.3, 0.4) is 0 Å². The highest BCUT2D eigenvalue weighted by Crippen LogP contribution is 2.22. The number of carbonyl (C=O) groups is 2. The van der Waals surface area contributed by atoms with Crippen LogP contribution in [0, 0.1) is 0 Å². The number of hydrogen-bond acceptors (Lipinski definition) is 4. The molecule has 2 aromatic carbocycles. The highest BCUT2D eigenvalue weighted by Gasteiger charge is 2.30. The van der Waals surface area contributed by atoms with Gasteiger partial charge in [0.25, 0.3) is 0 Å². The summed E-state index contributed by atoms with van der Waals surface area (Å²) in [6.07, 6.45) is 6.79. The predicted octanol–water partition coefficient (Wildman–Crippen LogP) is 3.82. The molecule has 0 saturated carbocycles. The summed E-state index contributed by atoms with van der Waals surface area (Å²) in [5.41, 5.74) is 7.58. The number of carbonyl (C=O) groups excluding carboxylic acids is 2. The molecule has 0 aliphatic carbocycles. The minimum atomic E-state index is 0.00298. The van der Waals surface area contributed by atoms with Gasteiger partial charge in [-0.15, -0.1) is 0 Å². The second-order valence-electron chi connectivity index (χ2n) is 8.74. The van der Waals surface area contributed by atoms with Crippen LogP contribution in [0.4, 0.5) is 0 Å². The SMILES string of the molecule is NCCCCCCNC(=O)CC1CCCN1C(=O)Cc1ccc(OCc2ccccc2)cc1. The maximum Gasteiger partial charge on any atom is 0.227 e. The van der Waals surface area contributed by atoms with E-state index in [1.807, 2.05) is 59.5 Å². The quantitative estimate of drug-likeness (QED) is 0.454. The Morgan fingerprint density at radius 3 is 2.48 bits per heavy atom. The largest absolute Gasteiger partial charge is 0.489 e. The average Bonchev–Trinajstić information content (AvgIpc) is 3.29. The molecule has 0 aromatic heterocycles. The van der Waals surface area contributed by atoms with Gasteiger partial charge in [-0.25, -0.2) is 0 Å². The highest BCUT2D eigenvalue weighted by molar-refractivity contribution is 5.81. The summed E-state index contributed by atoms with van der Waals surface area (Å²) < 4.78 is 5.83. The zero-order valence-corrected chi connectivity index (χ0v) is 19.5. The van der Waals surface area contributed by atoms with E-state index in [1.54, 1.807) is 0 Å². The Kier molecular flexibility index (Phi) is 10.2. The van der Waals surface area contributed by atoms with Crippen LogP contribution in [-0.2, 0) is 22.6 Å². The van der Waals surface area contributed by atoms with Gasteiger partial charge >= 0.3 is 0 Å². The Balaban J connectivity index is 1.40. The number of rotatable bonds is 13. The summed E-state index contributed by atoms with van der Waals surface area (Å²) >= 11 is 0. The molecule has 178 valence electrons. The minimum Gasteiger partial charge on any atom is -0.489 e. The van der Waals surface area contributed by atoms with Gasteiger partial charge in [0.2, 0.25) is 11.8 Å². The van der Waals surface area contributed by atoms with Gasteiger partial charge in [-0.05, 0) is 55.5 Å². The number of nitrogens with zero attached hydrogens (tertiary/aromatic N) is 1. The van der Waals surface area contributed by atoms with E-state index in [1.165, 1.54) is 0 Å². The molecule has 33 heavy (non-hydrogen) atoms. The van der Waals surface area contributed by atoms with E-state index in [4.69, 9.17) is 10.5 Å². The van der Waals surface area contributed by atoms with Crippen LogP contribution >= 0.6 is 0 Å². The molecule has 1 heterocycles. The fraction of sp³-hybridized carbons (Fsp3) is 0.481. The third-order valence-electron chi connectivity index (χ3n) is 6.10. The first kappa shape index (κ1) is 24.8. The maximum atomic E-state index is 12.9. The summed E-state index contributed by atoms with van der Waals surface area (Å²) in [7, 11) is 0. The van der Waals surface area contributed by atoms with E-state index in [0.717, 1.165) is 68.5 Å². The Labute approximate surface area is 197 Å². The lowest BCUT2D eigenvalue weighted by Gasteiger charge is -2.24. The van der Waals surface area contributed by atoms with Crippen molar-refractivity contribution >= 4 is 11.8 Å². The number of hydrogen-bond donors (Lipinski definition) is 2. The van der Waals surface area contributed by atoms with E-state index < -0.39 is 0 Å². The van der Waals surface area contributed by atoms with Crippen molar-refractivity contribution in [2.75, 3.05) is 19.6 Å². The molecular formula is C27H37N3O3. The number of amides is 2. The van der Waals surface area contributed by atoms with Crippen LogP contribution in [0.5, 0.6) is 5.75 Å². The van der Waals surface area contributed by atoms with Gasteiger partial charge < -0.3 is 20.7 Å². The van der Waals surface area contributed by atoms with E-state index in [-0.39, 0.29) is 17.9 Å². The molecule has 2 amide bonds. The number of nitrogens with one attached hydrogen (secondary N) is 1. The normalized spacial score (nSPS) is 15.4. The lowest BCUT2D eigenvalue weighted by Crippen LogP contribution is -2.40. The molecule has 0 spiro atoms. The summed E-state index contributed by atoms with van der Waals surface area (Å²) in [6, 6.07) is 17.7. The molecule has 2 aromatic rings. The summed E-state index contributed by atoms with van der Waals surface area (Å²) in [5.74, 6) is 0.914. The Morgan fingerprint density at radius 1 is 0.970 bits per heavy atom. The Hall–Kier alpha value is -2.86. The first-order valence-electron chi connectivity index (χ1n) is 12.2. The van der Waals surface area contributed by atoms with Crippen molar-refractivity contribution in [2.24, 2.45) is 5.73 Å². The maximum absolute atomic E-state index is 12.9. The highest BCUT2D eigenvalue weighted by atomic mass is 16.5. The topological polar surface area (TPSA) is 84.7 Å². The number of unbranched alkanes of at least 4 members (excludes halogenated alkanes) is 3. The van der Waals surface area contributed by atoms with Crippen molar-refractivity contribution in [3.05, 3.63) is 65.7 Å². The van der Waals surface area contributed by atoms with E-state index in [9.17, 15) is 9.59 Å². The van der Waals surface area contributed by atoms with Gasteiger partial charge in [-0.3, -0.25) is 9.59 Å². The standard InChI is InChI=1S/C27H37N3O3/c28-16-6-1-2-7-17-29-26(31)20-24-11-8-18-30(24)27(32)19-22-12-14-25(15-13-22)33-21-23-9-4-3-5-10-23/h3-5,9-10,12-15,24H,1-2,6-8,11,16-21,28H2,(H,29,31). The molecule has 1 aliphatic heterocycles. The molecule has 1 aliphatic rings. The van der Waals surface area contributed by atoms with Crippen LogP contribution in [0.25, 0.3) is 0 Å². The molecule has 6 nitrogen and oxygen atoms in total. The first-order chi connectivity index (χ1) is 16.2. The lowest BCUT2D eigenvalue weighted by molar-refractivity contribution is -0.132. The second kappa shape index (κ2) is 13.6. The fourth-order valence-electron chi connectivity index (χ4n) is 4.23. The fourth-order valence-corrected chi connectivity index (χ4v) is 4.23. The van der Waals surface area contributed by atoms with E-state index in [0.29, 0.717) is 26.0 Å². The van der Waals surface area contributed by atoms with Crippen molar-refractivity contribution in [1.82, 2.24) is 10.2 Å². The van der Waals surface area contributed by atoms with Crippen molar-refractivity contribution < 1.29 is 14.3 Å². The molecule has 1 fully saturated rings. The molecule has 6 heteroatoms. The average molecular weight is 452 g/mol. The zero-order chi connectivity index (χ0) is 23.3. The number of likely N-dealkylation sites (tertiary alicyclic amines) is 1. The van der Waals surface area contributed by atoms with Crippen molar-refractivity contribution in [3.63, 3.8) is 0 Å². The van der Waals surface area contributed by atoms with Crippen LogP contribution in [0.2, 0.25) is 0 Å². The monoisotopic (exact) mass is 451 g/mol. The zero-order valence-electron chi connectivity index (χ0n) is 19.5. The molecule has 0 bridgehead atoms. The van der Waals surface area contributed by atoms with E-state index >= 15 is 0 Å². The van der Waals surface area contributed by atoms with Gasteiger partial charge in [-0.1, -0.05) is 55.3 Å². The number of ether oxygens (including phenoxy) is 1. The van der Waals surface area contributed by atoms with Crippen LogP contribution < -0.4 is 15.8 Å². The van der Waals surface area contributed by atoms with Gasteiger partial charge in [-0.2, -0.15) is 0 Å². The molecule has 1 atom stereocenters. The smallest absolute Gasteiger partial charge is 0.227 e. The molecule has 1 saturated heterocycles. The van der Waals surface area contributed by atoms with Crippen LogP contribution in [0.1, 0.15) is 56.1 Å². The third-order valence-corrected chi connectivity index (χ3v) is 6.10.